The van der Waals surface area contributed by atoms with Crippen LogP contribution in [0.1, 0.15) is 27.8 Å². The molecule has 0 N–H and O–H groups in total. The van der Waals surface area contributed by atoms with Crippen molar-refractivity contribution in [2.75, 3.05) is 7.11 Å². The van der Waals surface area contributed by atoms with Gasteiger partial charge in [0.1, 0.15) is 5.75 Å². The lowest BCUT2D eigenvalue weighted by Crippen LogP contribution is -1.95. The maximum atomic E-state index is 9.36. The van der Waals surface area contributed by atoms with Gasteiger partial charge in [0.15, 0.2) is 0 Å². The lowest BCUT2D eigenvalue weighted by atomic mass is 9.94. The van der Waals surface area contributed by atoms with Gasteiger partial charge in [-0.15, -0.1) is 0 Å². The first-order chi connectivity index (χ1) is 10.2. The maximum Gasteiger partial charge on any atom is 0.119 e. The van der Waals surface area contributed by atoms with Gasteiger partial charge in [0.2, 0.25) is 0 Å². The number of benzene rings is 2. The third-order valence-corrected chi connectivity index (χ3v) is 4.55. The summed E-state index contributed by atoms with van der Waals surface area (Å²) in [6.45, 7) is 2.10. The zero-order chi connectivity index (χ0) is 15.0. The summed E-state index contributed by atoms with van der Waals surface area (Å²) in [6, 6.07) is 14.1. The number of hydrogen-bond donors (Lipinski definition) is 0. The monoisotopic (exact) mass is 339 g/mol. The summed E-state index contributed by atoms with van der Waals surface area (Å²) in [5.74, 6) is 0.848. The van der Waals surface area contributed by atoms with Gasteiger partial charge in [-0.05, 0) is 41.8 Å². The molecule has 3 heteroatoms. The zero-order valence-electron chi connectivity index (χ0n) is 11.9. The Morgan fingerprint density at radius 1 is 1.19 bits per heavy atom. The minimum absolute atomic E-state index is 0.692. The van der Waals surface area contributed by atoms with Crippen molar-refractivity contribution in [1.82, 2.24) is 0 Å². The number of halogens is 1. The number of fused-ring (bicyclic) bond motifs is 1. The molecule has 0 unspecified atom stereocenters. The van der Waals surface area contributed by atoms with Gasteiger partial charge >= 0.3 is 0 Å². The van der Waals surface area contributed by atoms with Gasteiger partial charge in [0.05, 0.1) is 18.7 Å². The summed E-state index contributed by atoms with van der Waals surface area (Å²) in [7, 11) is 1.68. The first-order valence-electron chi connectivity index (χ1n) is 6.71. The largest absolute Gasteiger partial charge is 0.497 e. The average Bonchev–Trinajstić information content (AvgIpc) is 2.83. The standard InChI is InChI=1S/C18H14BrNO/c1-11-7-13(21-2)8-16-15(11)9-17(19)18(16)14-6-4-3-5-12(14)10-20/h3-8H,9H2,1-2H3. The molecule has 0 radical (unpaired) electrons. The first kappa shape index (κ1) is 13.9. The Bertz CT molecular complexity index is 799. The molecule has 2 aromatic carbocycles. The van der Waals surface area contributed by atoms with Gasteiger partial charge in [-0.25, -0.2) is 0 Å². The van der Waals surface area contributed by atoms with Crippen LogP contribution in [0, 0.1) is 18.3 Å². The molecule has 0 aromatic heterocycles. The van der Waals surface area contributed by atoms with E-state index in [0.29, 0.717) is 5.56 Å². The van der Waals surface area contributed by atoms with Crippen LogP contribution < -0.4 is 4.74 Å². The van der Waals surface area contributed by atoms with Gasteiger partial charge in [0, 0.05) is 22.0 Å². The van der Waals surface area contributed by atoms with Gasteiger partial charge < -0.3 is 4.74 Å². The number of nitrogens with zero attached hydrogens (tertiary/aromatic N) is 1. The number of allylic oxidation sites excluding steroid dienone is 1. The summed E-state index contributed by atoms with van der Waals surface area (Å²) in [5, 5.41) is 9.36. The van der Waals surface area contributed by atoms with E-state index >= 15 is 0 Å². The van der Waals surface area contributed by atoms with Crippen LogP contribution >= 0.6 is 15.9 Å². The molecule has 1 aliphatic carbocycles. The Morgan fingerprint density at radius 3 is 2.67 bits per heavy atom. The van der Waals surface area contributed by atoms with E-state index in [1.165, 1.54) is 11.1 Å². The second-order valence-corrected chi connectivity index (χ2v) is 6.04. The molecule has 0 fully saturated rings. The SMILES string of the molecule is COc1cc(C)c2c(c1)C(c1ccccc1C#N)=C(Br)C2. The summed E-state index contributed by atoms with van der Waals surface area (Å²) in [6.07, 6.45) is 0.861. The fraction of sp³-hybridized carbons (Fsp3) is 0.167. The Morgan fingerprint density at radius 2 is 1.95 bits per heavy atom. The quantitative estimate of drug-likeness (QED) is 0.801. The minimum Gasteiger partial charge on any atom is -0.497 e. The van der Waals surface area contributed by atoms with Crippen molar-refractivity contribution < 1.29 is 4.74 Å². The molecule has 0 amide bonds. The number of ether oxygens (including phenoxy) is 1. The van der Waals surface area contributed by atoms with Crippen LogP contribution in [0.3, 0.4) is 0 Å². The molecule has 0 saturated heterocycles. The third-order valence-electron chi connectivity index (χ3n) is 3.87. The van der Waals surface area contributed by atoms with E-state index in [2.05, 4.69) is 41.1 Å². The summed E-state index contributed by atoms with van der Waals surface area (Å²) < 4.78 is 6.52. The topological polar surface area (TPSA) is 33.0 Å². The van der Waals surface area contributed by atoms with E-state index in [9.17, 15) is 5.26 Å². The Hall–Kier alpha value is -2.05. The van der Waals surface area contributed by atoms with E-state index in [1.54, 1.807) is 7.11 Å². The second kappa shape index (κ2) is 5.38. The molecular formula is C18H14BrNO. The van der Waals surface area contributed by atoms with E-state index in [4.69, 9.17) is 4.74 Å². The number of hydrogen-bond acceptors (Lipinski definition) is 2. The summed E-state index contributed by atoms with van der Waals surface area (Å²) >= 11 is 3.70. The van der Waals surface area contributed by atoms with Crippen molar-refractivity contribution in [3.05, 3.63) is 68.7 Å². The summed E-state index contributed by atoms with van der Waals surface area (Å²) in [4.78, 5) is 0. The Kier molecular flexibility index (Phi) is 3.57. The fourth-order valence-corrected chi connectivity index (χ4v) is 3.55. The number of nitriles is 1. The summed E-state index contributed by atoms with van der Waals surface area (Å²) in [5.41, 5.74) is 6.43. The zero-order valence-corrected chi connectivity index (χ0v) is 13.5. The van der Waals surface area contributed by atoms with E-state index in [1.807, 2.05) is 24.3 Å². The van der Waals surface area contributed by atoms with Crippen LogP contribution in [0.2, 0.25) is 0 Å². The predicted molar refractivity (Wildman–Crippen MR) is 87.5 cm³/mol. The molecular weight excluding hydrogens is 326 g/mol. The lowest BCUT2D eigenvalue weighted by molar-refractivity contribution is 0.414. The molecule has 104 valence electrons. The predicted octanol–water partition coefficient (Wildman–Crippen LogP) is 4.59. The molecule has 0 atom stereocenters. The van der Waals surface area contributed by atoms with Gasteiger partial charge in [-0.3, -0.25) is 0 Å². The molecule has 0 bridgehead atoms. The van der Waals surface area contributed by atoms with Crippen molar-refractivity contribution in [3.63, 3.8) is 0 Å². The van der Waals surface area contributed by atoms with Crippen molar-refractivity contribution in [2.24, 2.45) is 0 Å². The van der Waals surface area contributed by atoms with Crippen molar-refractivity contribution in [2.45, 2.75) is 13.3 Å². The maximum absolute atomic E-state index is 9.36. The highest BCUT2D eigenvalue weighted by Gasteiger charge is 2.25. The van der Waals surface area contributed by atoms with E-state index < -0.39 is 0 Å². The van der Waals surface area contributed by atoms with Gasteiger partial charge in [0.25, 0.3) is 0 Å². The average molecular weight is 340 g/mol. The van der Waals surface area contributed by atoms with E-state index in [-0.39, 0.29) is 0 Å². The number of methoxy groups -OCH3 is 1. The lowest BCUT2D eigenvalue weighted by Gasteiger charge is -2.12. The molecule has 2 aromatic rings. The molecule has 21 heavy (non-hydrogen) atoms. The minimum atomic E-state index is 0.692. The molecule has 3 rings (SSSR count). The smallest absolute Gasteiger partial charge is 0.119 e. The molecule has 0 aliphatic heterocycles. The third kappa shape index (κ3) is 2.26. The van der Waals surface area contributed by atoms with Crippen LogP contribution in [-0.4, -0.2) is 7.11 Å². The highest BCUT2D eigenvalue weighted by Crippen LogP contribution is 2.43. The number of rotatable bonds is 2. The van der Waals surface area contributed by atoms with Crippen LogP contribution in [0.25, 0.3) is 5.57 Å². The highest BCUT2D eigenvalue weighted by molar-refractivity contribution is 9.11. The van der Waals surface area contributed by atoms with E-state index in [0.717, 1.165) is 33.4 Å². The normalized spacial score (nSPS) is 13.0. The van der Waals surface area contributed by atoms with Crippen LogP contribution in [0.15, 0.2) is 40.9 Å². The van der Waals surface area contributed by atoms with Gasteiger partial charge in [-0.1, -0.05) is 34.1 Å². The first-order valence-corrected chi connectivity index (χ1v) is 7.51. The van der Waals surface area contributed by atoms with Crippen molar-refractivity contribution in [1.29, 1.82) is 5.26 Å². The number of aryl methyl sites for hydroxylation is 1. The van der Waals surface area contributed by atoms with Gasteiger partial charge in [-0.2, -0.15) is 5.26 Å². The molecule has 0 heterocycles. The van der Waals surface area contributed by atoms with Crippen molar-refractivity contribution >= 4 is 21.5 Å². The highest BCUT2D eigenvalue weighted by atomic mass is 79.9. The molecule has 2 nitrogen and oxygen atoms in total. The Labute approximate surface area is 132 Å². The molecule has 1 aliphatic rings. The van der Waals surface area contributed by atoms with Crippen LogP contribution in [0.5, 0.6) is 5.75 Å². The van der Waals surface area contributed by atoms with Crippen LogP contribution in [0.4, 0.5) is 0 Å². The van der Waals surface area contributed by atoms with Crippen molar-refractivity contribution in [3.8, 4) is 11.8 Å². The molecule has 0 spiro atoms. The fourth-order valence-electron chi connectivity index (χ4n) is 2.84. The van der Waals surface area contributed by atoms with Crippen LogP contribution in [-0.2, 0) is 6.42 Å². The Balaban J connectivity index is 2.25. The molecule has 0 saturated carbocycles. The second-order valence-electron chi connectivity index (χ2n) is 5.08.